The third-order valence-electron chi connectivity index (χ3n) is 2.43. The van der Waals surface area contributed by atoms with Crippen LogP contribution in [0, 0.1) is 0 Å². The molecule has 0 aromatic carbocycles. The van der Waals surface area contributed by atoms with Gasteiger partial charge in [0.1, 0.15) is 4.60 Å². The molecular weight excluding hydrogens is 290 g/mol. The minimum atomic E-state index is 0.889. The number of nitrogens with zero attached hydrogens (tertiary/aromatic N) is 3. The van der Waals surface area contributed by atoms with Crippen LogP contribution in [0.1, 0.15) is 6.42 Å². The predicted molar refractivity (Wildman–Crippen MR) is 77.3 cm³/mol. The Hall–Kier alpha value is -1.68. The van der Waals surface area contributed by atoms with Crippen molar-refractivity contribution in [2.24, 2.45) is 0 Å². The molecule has 0 bridgehead atoms. The van der Waals surface area contributed by atoms with Crippen molar-refractivity contribution in [3.8, 4) is 0 Å². The molecule has 0 N–H and O–H groups in total. The number of halogens is 1. The maximum Gasteiger partial charge on any atom is 0.108 e. The smallest absolute Gasteiger partial charge is 0.108 e. The summed E-state index contributed by atoms with van der Waals surface area (Å²) in [5, 5.41) is 0. The van der Waals surface area contributed by atoms with Gasteiger partial charge in [0.25, 0.3) is 0 Å². The monoisotopic (exact) mass is 303 g/mol. The zero-order valence-corrected chi connectivity index (χ0v) is 11.5. The molecule has 0 fully saturated rings. The van der Waals surface area contributed by atoms with Gasteiger partial charge in [-0.3, -0.25) is 4.98 Å². The van der Waals surface area contributed by atoms with Gasteiger partial charge >= 0.3 is 0 Å². The molecule has 2 aromatic rings. The summed E-state index contributed by atoms with van der Waals surface area (Å²) in [4.78, 5) is 10.1. The molecule has 1 aliphatic rings. The Morgan fingerprint density at radius 1 is 1.11 bits per heavy atom. The van der Waals surface area contributed by atoms with Gasteiger partial charge in [-0.2, -0.15) is 0 Å². The topological polar surface area (TPSA) is 29.0 Å². The molecule has 0 saturated carbocycles. The minimum absolute atomic E-state index is 0.889. The van der Waals surface area contributed by atoms with Gasteiger partial charge in [-0.1, -0.05) is 12.1 Å². The summed E-state index contributed by atoms with van der Waals surface area (Å²) in [5.41, 5.74) is 1.20. The Kier molecular flexibility index (Phi) is 4.90. The summed E-state index contributed by atoms with van der Waals surface area (Å²) in [6, 6.07) is 9.75. The average molecular weight is 304 g/mol. The van der Waals surface area contributed by atoms with Crippen molar-refractivity contribution < 1.29 is 0 Å². The second-order valence-corrected chi connectivity index (χ2v) is 4.54. The highest BCUT2D eigenvalue weighted by molar-refractivity contribution is 9.10. The van der Waals surface area contributed by atoms with E-state index >= 15 is 0 Å². The van der Waals surface area contributed by atoms with E-state index < -0.39 is 0 Å². The molecule has 18 heavy (non-hydrogen) atoms. The van der Waals surface area contributed by atoms with Crippen LogP contribution in [0.15, 0.2) is 65.8 Å². The summed E-state index contributed by atoms with van der Waals surface area (Å²) in [6.07, 6.45) is 10.7. The molecule has 3 nitrogen and oxygen atoms in total. The lowest BCUT2D eigenvalue weighted by molar-refractivity contribution is 0.995. The van der Waals surface area contributed by atoms with Gasteiger partial charge in [-0.15, -0.1) is 0 Å². The van der Waals surface area contributed by atoms with E-state index in [1.54, 1.807) is 12.4 Å². The Morgan fingerprint density at radius 3 is 2.44 bits per heavy atom. The van der Waals surface area contributed by atoms with Crippen LogP contribution in [0.25, 0.3) is 0 Å². The first-order chi connectivity index (χ1) is 8.86. The van der Waals surface area contributed by atoms with Gasteiger partial charge in [0.15, 0.2) is 0 Å². The number of hydrogen-bond acceptors (Lipinski definition) is 3. The standard InChI is InChI=1S/C9H9BrN2.C5H5N/c10-9-7-8(3-4-11-9)12-5-1-2-6-12;1-2-4-6-5-3-1/h1,3-5,7H,2,6H2;1-5H. The second-order valence-electron chi connectivity index (χ2n) is 3.73. The maximum atomic E-state index is 4.08. The molecule has 1 aliphatic heterocycles. The van der Waals surface area contributed by atoms with Crippen LogP contribution in [0.2, 0.25) is 0 Å². The van der Waals surface area contributed by atoms with Gasteiger partial charge in [-0.25, -0.2) is 4.98 Å². The van der Waals surface area contributed by atoms with E-state index in [1.807, 2.05) is 36.5 Å². The van der Waals surface area contributed by atoms with E-state index in [2.05, 4.69) is 43.1 Å². The van der Waals surface area contributed by atoms with E-state index in [1.165, 1.54) is 5.69 Å². The van der Waals surface area contributed by atoms with Crippen molar-refractivity contribution in [3.05, 3.63) is 65.8 Å². The Labute approximate surface area is 115 Å². The molecule has 0 spiro atoms. The summed E-state index contributed by atoms with van der Waals surface area (Å²) < 4.78 is 0.889. The molecular formula is C14H14BrN3. The largest absolute Gasteiger partial charge is 0.348 e. The molecule has 2 aromatic heterocycles. The fraction of sp³-hybridized carbons (Fsp3) is 0.143. The highest BCUT2D eigenvalue weighted by atomic mass is 79.9. The number of aromatic nitrogens is 2. The van der Waals surface area contributed by atoms with Crippen LogP contribution < -0.4 is 4.90 Å². The first kappa shape index (κ1) is 12.8. The third kappa shape index (κ3) is 3.96. The SMILES string of the molecule is Brc1cc(N2C=CCC2)ccn1.c1ccncc1. The lowest BCUT2D eigenvalue weighted by Crippen LogP contribution is -2.11. The number of pyridine rings is 2. The first-order valence-electron chi connectivity index (χ1n) is 5.76. The van der Waals surface area contributed by atoms with Crippen LogP contribution in [0.4, 0.5) is 5.69 Å². The van der Waals surface area contributed by atoms with Crippen molar-refractivity contribution in [1.29, 1.82) is 0 Å². The third-order valence-corrected chi connectivity index (χ3v) is 2.86. The summed E-state index contributed by atoms with van der Waals surface area (Å²) in [7, 11) is 0. The van der Waals surface area contributed by atoms with Crippen molar-refractivity contribution in [2.45, 2.75) is 6.42 Å². The Morgan fingerprint density at radius 2 is 1.94 bits per heavy atom. The van der Waals surface area contributed by atoms with E-state index in [9.17, 15) is 0 Å². The second kappa shape index (κ2) is 6.91. The molecule has 4 heteroatoms. The van der Waals surface area contributed by atoms with Crippen LogP contribution in [0.5, 0.6) is 0 Å². The van der Waals surface area contributed by atoms with Crippen molar-refractivity contribution >= 4 is 21.6 Å². The maximum absolute atomic E-state index is 4.08. The van der Waals surface area contributed by atoms with Crippen LogP contribution in [-0.2, 0) is 0 Å². The Balaban J connectivity index is 0.000000169. The summed E-state index contributed by atoms with van der Waals surface area (Å²) in [6.45, 7) is 1.08. The zero-order valence-electron chi connectivity index (χ0n) is 9.91. The van der Waals surface area contributed by atoms with Crippen LogP contribution in [-0.4, -0.2) is 16.5 Å². The molecule has 0 aliphatic carbocycles. The van der Waals surface area contributed by atoms with Gasteiger partial charge in [0, 0.05) is 37.0 Å². The van der Waals surface area contributed by atoms with Crippen LogP contribution in [0.3, 0.4) is 0 Å². The molecule has 3 rings (SSSR count). The zero-order chi connectivity index (χ0) is 12.6. The van der Waals surface area contributed by atoms with Crippen molar-refractivity contribution in [1.82, 2.24) is 9.97 Å². The normalized spacial score (nSPS) is 13.1. The van der Waals surface area contributed by atoms with Gasteiger partial charge in [0.05, 0.1) is 0 Å². The van der Waals surface area contributed by atoms with Crippen molar-refractivity contribution in [2.75, 3.05) is 11.4 Å². The van der Waals surface area contributed by atoms with E-state index in [0.717, 1.165) is 17.6 Å². The fourth-order valence-corrected chi connectivity index (χ4v) is 1.94. The molecule has 0 radical (unpaired) electrons. The van der Waals surface area contributed by atoms with Gasteiger partial charge in [-0.05, 0) is 46.6 Å². The summed E-state index contributed by atoms with van der Waals surface area (Å²) in [5.74, 6) is 0. The quantitative estimate of drug-likeness (QED) is 0.753. The van der Waals surface area contributed by atoms with E-state index in [-0.39, 0.29) is 0 Å². The molecule has 0 atom stereocenters. The molecule has 92 valence electrons. The predicted octanol–water partition coefficient (Wildman–Crippen LogP) is 3.65. The van der Waals surface area contributed by atoms with Crippen molar-refractivity contribution in [3.63, 3.8) is 0 Å². The molecule has 0 unspecified atom stereocenters. The minimum Gasteiger partial charge on any atom is -0.348 e. The fourth-order valence-electron chi connectivity index (χ4n) is 1.59. The molecule has 0 saturated heterocycles. The first-order valence-corrected chi connectivity index (χ1v) is 6.55. The summed E-state index contributed by atoms with van der Waals surface area (Å²) >= 11 is 3.35. The number of anilines is 1. The van der Waals surface area contributed by atoms with E-state index in [0.29, 0.717) is 0 Å². The van der Waals surface area contributed by atoms with Gasteiger partial charge in [0.2, 0.25) is 0 Å². The lowest BCUT2D eigenvalue weighted by atomic mass is 10.4. The molecule has 3 heterocycles. The highest BCUT2D eigenvalue weighted by Gasteiger charge is 2.06. The average Bonchev–Trinajstić information content (AvgIpc) is 2.95. The number of rotatable bonds is 1. The van der Waals surface area contributed by atoms with Gasteiger partial charge < -0.3 is 4.90 Å². The highest BCUT2D eigenvalue weighted by Crippen LogP contribution is 2.20. The Bertz CT molecular complexity index is 473. The lowest BCUT2D eigenvalue weighted by Gasteiger charge is -2.14. The number of hydrogen-bond donors (Lipinski definition) is 0. The molecule has 0 amide bonds. The van der Waals surface area contributed by atoms with Crippen LogP contribution >= 0.6 is 15.9 Å². The van der Waals surface area contributed by atoms with E-state index in [4.69, 9.17) is 0 Å².